The first-order chi connectivity index (χ1) is 8.16. The summed E-state index contributed by atoms with van der Waals surface area (Å²) in [6, 6.07) is 0. The number of carbonyl (C=O) groups is 1. The molecule has 1 saturated heterocycles. The second-order valence-corrected chi connectivity index (χ2v) is 5.40. The first-order valence-corrected chi connectivity index (χ1v) is 6.78. The van der Waals surface area contributed by atoms with Gasteiger partial charge in [-0.05, 0) is 29.2 Å². The van der Waals surface area contributed by atoms with Crippen LogP contribution in [0, 0.1) is 5.92 Å². The van der Waals surface area contributed by atoms with Crippen molar-refractivity contribution < 1.29 is 4.79 Å². The summed E-state index contributed by atoms with van der Waals surface area (Å²) in [5.41, 5.74) is 0. The number of nitrogens with zero attached hydrogens (tertiary/aromatic N) is 5. The van der Waals surface area contributed by atoms with Gasteiger partial charge in [0.2, 0.25) is 11.1 Å². The van der Waals surface area contributed by atoms with Crippen LogP contribution in [0.25, 0.3) is 0 Å². The molecule has 0 bridgehead atoms. The number of carbonyl (C=O) groups excluding carboxylic acids is 1. The molecule has 7 heteroatoms. The molecule has 1 aliphatic heterocycles. The van der Waals surface area contributed by atoms with E-state index in [1.165, 1.54) is 18.2 Å². The molecule has 2 rings (SSSR count). The summed E-state index contributed by atoms with van der Waals surface area (Å²) >= 11 is 1.39. The summed E-state index contributed by atoms with van der Waals surface area (Å²) in [6.45, 7) is 3.97. The molecule has 0 spiro atoms. The number of likely N-dealkylation sites (tertiary alicyclic amines) is 1. The third-order valence-corrected chi connectivity index (χ3v) is 3.91. The van der Waals surface area contributed by atoms with E-state index in [0.717, 1.165) is 19.5 Å². The van der Waals surface area contributed by atoms with Gasteiger partial charge >= 0.3 is 0 Å². The quantitative estimate of drug-likeness (QED) is 0.738. The minimum absolute atomic E-state index is 0.185. The number of aromatic nitrogens is 4. The molecule has 6 nitrogen and oxygen atoms in total. The average molecular weight is 255 g/mol. The van der Waals surface area contributed by atoms with Gasteiger partial charge in [0.1, 0.15) is 0 Å². The number of hydrogen-bond acceptors (Lipinski definition) is 5. The third-order valence-electron chi connectivity index (χ3n) is 2.92. The Kier molecular flexibility index (Phi) is 3.98. The van der Waals surface area contributed by atoms with Crippen LogP contribution in [0.2, 0.25) is 0 Å². The van der Waals surface area contributed by atoms with E-state index >= 15 is 0 Å². The highest BCUT2D eigenvalue weighted by molar-refractivity contribution is 7.99. The number of piperidine rings is 1. The van der Waals surface area contributed by atoms with Gasteiger partial charge < -0.3 is 4.90 Å². The van der Waals surface area contributed by atoms with Crippen LogP contribution in [0.4, 0.5) is 0 Å². The first kappa shape index (κ1) is 12.3. The van der Waals surface area contributed by atoms with Crippen molar-refractivity contribution >= 4 is 17.7 Å². The lowest BCUT2D eigenvalue weighted by atomic mass is 10.0. The maximum absolute atomic E-state index is 12.0. The van der Waals surface area contributed by atoms with Crippen LogP contribution >= 0.6 is 11.8 Å². The van der Waals surface area contributed by atoms with Gasteiger partial charge in [-0.15, -0.1) is 5.10 Å². The monoisotopic (exact) mass is 255 g/mol. The normalized spacial score (nSPS) is 20.6. The van der Waals surface area contributed by atoms with Gasteiger partial charge in [-0.25, -0.2) is 4.68 Å². The highest BCUT2D eigenvalue weighted by atomic mass is 32.2. The standard InChI is InChI=1S/C10H17N5OS/c1-8-4-3-5-15(6-8)9(16)7-17-10-11-12-13-14(10)2/h8H,3-7H2,1-2H3. The predicted molar refractivity (Wildman–Crippen MR) is 64.5 cm³/mol. The Morgan fingerprint density at radius 1 is 1.59 bits per heavy atom. The second kappa shape index (κ2) is 5.48. The second-order valence-electron chi connectivity index (χ2n) is 4.46. The van der Waals surface area contributed by atoms with E-state index < -0.39 is 0 Å². The van der Waals surface area contributed by atoms with Crippen molar-refractivity contribution in [2.75, 3.05) is 18.8 Å². The zero-order chi connectivity index (χ0) is 12.3. The molecular weight excluding hydrogens is 238 g/mol. The van der Waals surface area contributed by atoms with Crippen LogP contribution in [0.3, 0.4) is 0 Å². The van der Waals surface area contributed by atoms with Crippen molar-refractivity contribution in [2.45, 2.75) is 24.9 Å². The largest absolute Gasteiger partial charge is 0.342 e. The number of tetrazole rings is 1. The zero-order valence-electron chi connectivity index (χ0n) is 10.2. The van der Waals surface area contributed by atoms with Crippen LogP contribution in [0.15, 0.2) is 5.16 Å². The molecule has 1 fully saturated rings. The smallest absolute Gasteiger partial charge is 0.233 e. The van der Waals surface area contributed by atoms with Crippen LogP contribution in [-0.4, -0.2) is 49.9 Å². The van der Waals surface area contributed by atoms with Crippen molar-refractivity contribution in [2.24, 2.45) is 13.0 Å². The van der Waals surface area contributed by atoms with Crippen molar-refractivity contribution in [1.29, 1.82) is 0 Å². The Morgan fingerprint density at radius 3 is 3.06 bits per heavy atom. The van der Waals surface area contributed by atoms with Crippen LogP contribution in [0.5, 0.6) is 0 Å². The third kappa shape index (κ3) is 3.18. The number of thioether (sulfide) groups is 1. The van der Waals surface area contributed by atoms with E-state index in [1.807, 2.05) is 4.90 Å². The summed E-state index contributed by atoms with van der Waals surface area (Å²) in [5, 5.41) is 11.8. The van der Waals surface area contributed by atoms with Crippen molar-refractivity contribution in [3.05, 3.63) is 0 Å². The molecule has 0 radical (unpaired) electrons. The van der Waals surface area contributed by atoms with E-state index in [4.69, 9.17) is 0 Å². The number of amides is 1. The molecule has 94 valence electrons. The van der Waals surface area contributed by atoms with Gasteiger partial charge in [0, 0.05) is 20.1 Å². The summed E-state index contributed by atoms with van der Waals surface area (Å²) < 4.78 is 1.58. The van der Waals surface area contributed by atoms with E-state index in [2.05, 4.69) is 22.4 Å². The van der Waals surface area contributed by atoms with E-state index in [9.17, 15) is 4.79 Å². The maximum atomic E-state index is 12.0. The van der Waals surface area contributed by atoms with Crippen molar-refractivity contribution in [3.63, 3.8) is 0 Å². The average Bonchev–Trinajstić information content (AvgIpc) is 2.72. The van der Waals surface area contributed by atoms with Crippen molar-refractivity contribution in [1.82, 2.24) is 25.1 Å². The van der Waals surface area contributed by atoms with E-state index in [-0.39, 0.29) is 5.91 Å². The van der Waals surface area contributed by atoms with Crippen molar-refractivity contribution in [3.8, 4) is 0 Å². The molecule has 0 aliphatic carbocycles. The molecule has 0 aromatic carbocycles. The zero-order valence-corrected chi connectivity index (χ0v) is 11.0. The number of aryl methyl sites for hydroxylation is 1. The summed E-state index contributed by atoms with van der Waals surface area (Å²) in [5.74, 6) is 1.22. The molecule has 1 aliphatic rings. The van der Waals surface area contributed by atoms with Gasteiger partial charge in [-0.2, -0.15) is 0 Å². The fourth-order valence-corrected chi connectivity index (χ4v) is 2.73. The van der Waals surface area contributed by atoms with E-state index in [1.54, 1.807) is 11.7 Å². The van der Waals surface area contributed by atoms with Crippen LogP contribution < -0.4 is 0 Å². The Hall–Kier alpha value is -1.11. The topological polar surface area (TPSA) is 63.9 Å². The lowest BCUT2D eigenvalue weighted by Crippen LogP contribution is -2.40. The van der Waals surface area contributed by atoms with E-state index in [0.29, 0.717) is 16.8 Å². The Morgan fingerprint density at radius 2 is 2.41 bits per heavy atom. The highest BCUT2D eigenvalue weighted by Crippen LogP contribution is 2.18. The summed E-state index contributed by atoms with van der Waals surface area (Å²) in [7, 11) is 1.77. The van der Waals surface area contributed by atoms with Crippen LogP contribution in [-0.2, 0) is 11.8 Å². The predicted octanol–water partition coefficient (Wildman–Crippen LogP) is 0.561. The first-order valence-electron chi connectivity index (χ1n) is 5.79. The molecular formula is C10H17N5OS. The number of rotatable bonds is 3. The SMILES string of the molecule is CC1CCCN(C(=O)CSc2nnnn2C)C1. The van der Waals surface area contributed by atoms with Crippen LogP contribution in [0.1, 0.15) is 19.8 Å². The minimum atomic E-state index is 0.185. The van der Waals surface area contributed by atoms with Gasteiger partial charge in [-0.3, -0.25) is 4.79 Å². The summed E-state index contributed by atoms with van der Waals surface area (Å²) in [4.78, 5) is 13.9. The Balaban J connectivity index is 1.83. The molecule has 1 amide bonds. The van der Waals surface area contributed by atoms with Gasteiger partial charge in [0.25, 0.3) is 0 Å². The molecule has 1 aromatic heterocycles. The molecule has 1 aromatic rings. The lowest BCUT2D eigenvalue weighted by Gasteiger charge is -2.30. The van der Waals surface area contributed by atoms with Gasteiger partial charge in [0.15, 0.2) is 0 Å². The fourth-order valence-electron chi connectivity index (χ4n) is 1.98. The lowest BCUT2D eigenvalue weighted by molar-refractivity contribution is -0.130. The molecule has 1 atom stereocenters. The maximum Gasteiger partial charge on any atom is 0.233 e. The minimum Gasteiger partial charge on any atom is -0.342 e. The highest BCUT2D eigenvalue weighted by Gasteiger charge is 2.21. The van der Waals surface area contributed by atoms with Gasteiger partial charge in [0.05, 0.1) is 5.75 Å². The molecule has 0 saturated carbocycles. The van der Waals surface area contributed by atoms with Gasteiger partial charge in [-0.1, -0.05) is 18.7 Å². The molecule has 1 unspecified atom stereocenters. The molecule has 17 heavy (non-hydrogen) atoms. The fraction of sp³-hybridized carbons (Fsp3) is 0.800. The summed E-state index contributed by atoms with van der Waals surface area (Å²) in [6.07, 6.45) is 2.34. The number of hydrogen-bond donors (Lipinski definition) is 0. The molecule has 2 heterocycles. The Bertz CT molecular complexity index is 394. The molecule has 0 N–H and O–H groups in total. The Labute approximate surface area is 105 Å².